The van der Waals surface area contributed by atoms with Gasteiger partial charge in [0.2, 0.25) is 11.5 Å². The summed E-state index contributed by atoms with van der Waals surface area (Å²) < 4.78 is 97.4. The molecule has 2 aromatic rings. The van der Waals surface area contributed by atoms with Crippen molar-refractivity contribution in [2.45, 2.75) is 49.5 Å². The van der Waals surface area contributed by atoms with Gasteiger partial charge in [0.05, 0.1) is 41.2 Å². The van der Waals surface area contributed by atoms with Crippen molar-refractivity contribution in [3.8, 4) is 5.75 Å². The van der Waals surface area contributed by atoms with E-state index < -0.39 is 44.8 Å². The number of anilines is 2. The first-order chi connectivity index (χ1) is 19.6. The van der Waals surface area contributed by atoms with E-state index in [1.54, 1.807) is 0 Å². The Morgan fingerprint density at radius 1 is 1.17 bits per heavy atom. The van der Waals surface area contributed by atoms with E-state index in [0.717, 1.165) is 28.9 Å². The van der Waals surface area contributed by atoms with Crippen LogP contribution < -0.4 is 19.7 Å². The molecule has 2 atom stereocenters. The highest BCUT2D eigenvalue weighted by Crippen LogP contribution is 2.40. The topological polar surface area (TPSA) is 123 Å². The van der Waals surface area contributed by atoms with Crippen molar-refractivity contribution < 1.29 is 49.8 Å². The van der Waals surface area contributed by atoms with Crippen LogP contribution in [-0.4, -0.2) is 64.6 Å². The summed E-state index contributed by atoms with van der Waals surface area (Å²) in [6.07, 6.45) is -5.77. The van der Waals surface area contributed by atoms with Crippen LogP contribution in [0, 0.1) is 11.7 Å². The van der Waals surface area contributed by atoms with Crippen LogP contribution in [0.15, 0.2) is 41.3 Å². The lowest BCUT2D eigenvalue weighted by Crippen LogP contribution is -2.49. The van der Waals surface area contributed by atoms with Crippen molar-refractivity contribution in [3.63, 3.8) is 0 Å². The number of amides is 2. The van der Waals surface area contributed by atoms with E-state index in [9.17, 15) is 35.6 Å². The molecule has 2 N–H and O–H groups in total. The molecule has 1 fully saturated rings. The average Bonchev–Trinajstić information content (AvgIpc) is 2.92. The first-order valence-corrected chi connectivity index (χ1v) is 14.6. The van der Waals surface area contributed by atoms with E-state index >= 15 is 0 Å². The third kappa shape index (κ3) is 7.01. The third-order valence-electron chi connectivity index (χ3n) is 6.68. The van der Waals surface area contributed by atoms with Crippen LogP contribution >= 0.6 is 11.6 Å². The van der Waals surface area contributed by atoms with Gasteiger partial charge in [-0.2, -0.15) is 13.2 Å². The van der Waals surface area contributed by atoms with Crippen molar-refractivity contribution >= 4 is 45.0 Å². The molecule has 230 valence electrons. The summed E-state index contributed by atoms with van der Waals surface area (Å²) in [4.78, 5) is 24.5. The Hall–Kier alpha value is -3.30. The summed E-state index contributed by atoms with van der Waals surface area (Å²) in [7, 11) is -4.42. The van der Waals surface area contributed by atoms with Gasteiger partial charge < -0.3 is 19.5 Å². The van der Waals surface area contributed by atoms with Crippen molar-refractivity contribution in [1.29, 1.82) is 0 Å². The van der Waals surface area contributed by atoms with E-state index in [0.29, 0.717) is 26.9 Å². The van der Waals surface area contributed by atoms with Crippen LogP contribution in [0.5, 0.6) is 5.75 Å². The summed E-state index contributed by atoms with van der Waals surface area (Å²) in [5, 5.41) is 4.47. The number of alkyl halides is 3. The molecule has 0 aliphatic carbocycles. The number of carbonyl (C=O) groups is 2. The molecule has 2 aliphatic rings. The van der Waals surface area contributed by atoms with Crippen molar-refractivity contribution in [2.24, 2.45) is 5.92 Å². The van der Waals surface area contributed by atoms with Crippen LogP contribution in [0.2, 0.25) is 5.02 Å². The van der Waals surface area contributed by atoms with Crippen LogP contribution in [0.1, 0.15) is 26.7 Å². The molecule has 0 saturated carbocycles. The van der Waals surface area contributed by atoms with Gasteiger partial charge in [-0.05, 0) is 63.1 Å². The number of rotatable bonds is 7. The summed E-state index contributed by atoms with van der Waals surface area (Å²) >= 11 is 5.83. The molecule has 42 heavy (non-hydrogen) atoms. The number of fused-ring (bicyclic) bond motifs is 1. The van der Waals surface area contributed by atoms with Gasteiger partial charge in [-0.1, -0.05) is 11.6 Å². The smallest absolute Gasteiger partial charge is 0.427 e. The van der Waals surface area contributed by atoms with Gasteiger partial charge in [0.1, 0.15) is 17.7 Å². The number of ether oxygens (including phenoxy) is 3. The number of sulfonamides is 1. The second-order valence-electron chi connectivity index (χ2n) is 10.2. The van der Waals surface area contributed by atoms with E-state index in [2.05, 4.69) is 15.4 Å². The Morgan fingerprint density at radius 2 is 1.90 bits per heavy atom. The molecular formula is C26H28ClF4N3O7S. The molecule has 0 spiro atoms. The molecule has 2 heterocycles. The number of hydrogen-bond donors (Lipinski definition) is 2. The molecule has 0 bridgehead atoms. The van der Waals surface area contributed by atoms with E-state index in [1.165, 1.54) is 18.2 Å². The average molecular weight is 638 g/mol. The Balaban J connectivity index is 1.61. The van der Waals surface area contributed by atoms with Crippen LogP contribution in [0.3, 0.4) is 0 Å². The standard InChI is InChI=1S/C26H28ClF4N3O7S/c1-25(2,26(29,30)31)41-24(36)33-16-5-8-22-21(10-16)34(42(37,38)18-6-7-20(28)19(27)11-18)13-17(40-22)12-32-23(35)15-4-3-9-39-14-15/h5-8,10-11,15,17H,3-4,9,12-14H2,1-2H3,(H,32,35)(H,33,36)/t15?,17-/m0/s1. The molecule has 4 rings (SSSR count). The molecule has 10 nitrogen and oxygen atoms in total. The summed E-state index contributed by atoms with van der Waals surface area (Å²) in [5.74, 6) is -1.43. The lowest BCUT2D eigenvalue weighted by atomic mass is 10.0. The minimum Gasteiger partial charge on any atom is -0.484 e. The fourth-order valence-electron chi connectivity index (χ4n) is 4.23. The summed E-state index contributed by atoms with van der Waals surface area (Å²) in [5.41, 5.74) is -2.97. The van der Waals surface area contributed by atoms with E-state index in [4.69, 9.17) is 21.1 Å². The van der Waals surface area contributed by atoms with Crippen molar-refractivity contribution in [1.82, 2.24) is 5.32 Å². The maximum atomic E-state index is 13.8. The Kier molecular flexibility index (Phi) is 9.14. The zero-order chi connectivity index (χ0) is 30.9. The van der Waals surface area contributed by atoms with Crippen molar-refractivity contribution in [3.05, 3.63) is 47.2 Å². The fourth-order valence-corrected chi connectivity index (χ4v) is 6.00. The van der Waals surface area contributed by atoms with Crippen LogP contribution in [0.25, 0.3) is 0 Å². The monoisotopic (exact) mass is 637 g/mol. The number of carbonyl (C=O) groups excluding carboxylic acids is 2. The molecule has 1 unspecified atom stereocenters. The Bertz CT molecular complexity index is 1450. The van der Waals surface area contributed by atoms with Gasteiger partial charge in [0.25, 0.3) is 10.0 Å². The fraction of sp³-hybridized carbons (Fsp3) is 0.462. The number of nitrogens with zero attached hydrogens (tertiary/aromatic N) is 1. The Morgan fingerprint density at radius 3 is 2.55 bits per heavy atom. The van der Waals surface area contributed by atoms with Crippen LogP contribution in [0.4, 0.5) is 33.7 Å². The molecule has 0 radical (unpaired) electrons. The van der Waals surface area contributed by atoms with E-state index in [1.807, 2.05) is 0 Å². The predicted octanol–water partition coefficient (Wildman–Crippen LogP) is 4.87. The quantitative estimate of drug-likeness (QED) is 0.416. The minimum absolute atomic E-state index is 0.0350. The van der Waals surface area contributed by atoms with Gasteiger partial charge >= 0.3 is 12.3 Å². The lowest BCUT2D eigenvalue weighted by Gasteiger charge is -2.36. The number of nitrogens with one attached hydrogen (secondary N) is 2. The SMILES string of the molecule is CC(C)(OC(=O)Nc1ccc2c(c1)N(S(=O)(=O)c1ccc(F)c(Cl)c1)C[C@H](CNC(=O)C1CCCOC1)O2)C(F)(F)F. The second-order valence-corrected chi connectivity index (χ2v) is 12.5. The van der Waals surface area contributed by atoms with E-state index in [-0.39, 0.29) is 53.5 Å². The van der Waals surface area contributed by atoms with Gasteiger partial charge in [-0.3, -0.25) is 14.4 Å². The largest absolute Gasteiger partial charge is 0.484 e. The molecule has 2 amide bonds. The number of hydrogen-bond acceptors (Lipinski definition) is 7. The number of halogens is 5. The van der Waals surface area contributed by atoms with Gasteiger partial charge in [-0.15, -0.1) is 0 Å². The van der Waals surface area contributed by atoms with Crippen molar-refractivity contribution in [2.75, 3.05) is 35.9 Å². The zero-order valence-corrected chi connectivity index (χ0v) is 24.0. The van der Waals surface area contributed by atoms with Crippen LogP contribution in [-0.2, 0) is 24.3 Å². The summed E-state index contributed by atoms with van der Waals surface area (Å²) in [6, 6.07) is 6.60. The molecule has 1 saturated heterocycles. The molecule has 16 heteroatoms. The van der Waals surface area contributed by atoms with Gasteiger partial charge in [0.15, 0.2) is 0 Å². The highest BCUT2D eigenvalue weighted by atomic mass is 35.5. The zero-order valence-electron chi connectivity index (χ0n) is 22.5. The molecule has 2 aliphatic heterocycles. The first kappa shape index (κ1) is 31.6. The molecule has 0 aromatic heterocycles. The first-order valence-electron chi connectivity index (χ1n) is 12.8. The highest BCUT2D eigenvalue weighted by Gasteiger charge is 2.51. The maximum absolute atomic E-state index is 13.8. The highest BCUT2D eigenvalue weighted by molar-refractivity contribution is 7.92. The normalized spacial score (nSPS) is 19.4. The summed E-state index contributed by atoms with van der Waals surface area (Å²) in [6.45, 7) is 1.81. The second kappa shape index (κ2) is 12.1. The molecular weight excluding hydrogens is 610 g/mol. The minimum atomic E-state index is -4.84. The Labute approximate surface area is 244 Å². The van der Waals surface area contributed by atoms with Gasteiger partial charge in [0, 0.05) is 12.3 Å². The molecule has 2 aromatic carbocycles. The maximum Gasteiger partial charge on any atom is 0.427 e. The van der Waals surface area contributed by atoms with Gasteiger partial charge in [-0.25, -0.2) is 17.6 Å². The lowest BCUT2D eigenvalue weighted by molar-refractivity contribution is -0.242. The number of benzene rings is 2. The predicted molar refractivity (Wildman–Crippen MR) is 144 cm³/mol. The third-order valence-corrected chi connectivity index (χ3v) is 8.75.